The van der Waals surface area contributed by atoms with Crippen molar-refractivity contribution in [3.63, 3.8) is 0 Å². The smallest absolute Gasteiger partial charge is 0.251 e. The number of terminal acetylenes is 1. The molecule has 0 fully saturated rings. The summed E-state index contributed by atoms with van der Waals surface area (Å²) in [5, 5.41) is 0. The van der Waals surface area contributed by atoms with Gasteiger partial charge in [0.05, 0.1) is 6.26 Å². The first-order valence-electron chi connectivity index (χ1n) is 4.07. The molecule has 0 heterocycles. The molecular weight excluding hydrogens is 188 g/mol. The predicted octanol–water partition coefficient (Wildman–Crippen LogP) is 1.40. The first-order valence-corrected chi connectivity index (χ1v) is 5.88. The Morgan fingerprint density at radius 2 is 2.00 bits per heavy atom. The molecule has 0 bridgehead atoms. The number of hydrogen-bond acceptors (Lipinski definition) is 3. The molecule has 1 atom stereocenters. The molecule has 0 N–H and O–H groups in total. The second kappa shape index (κ2) is 4.12. The van der Waals surface area contributed by atoms with Gasteiger partial charge in [-0.1, -0.05) is 19.8 Å². The van der Waals surface area contributed by atoms with Crippen LogP contribution in [0.4, 0.5) is 0 Å². The molecule has 0 spiro atoms. The quantitative estimate of drug-likeness (QED) is 0.513. The maximum atomic E-state index is 10.9. The summed E-state index contributed by atoms with van der Waals surface area (Å²) in [6, 6.07) is 0. The Labute approximate surface area is 80.6 Å². The highest BCUT2D eigenvalue weighted by molar-refractivity contribution is 7.86. The Balaban J connectivity index is 4.59. The van der Waals surface area contributed by atoms with Crippen LogP contribution in [0.2, 0.25) is 0 Å². The summed E-state index contributed by atoms with van der Waals surface area (Å²) in [5.74, 6) is 2.66. The lowest BCUT2D eigenvalue weighted by molar-refractivity contribution is 0.135. The lowest BCUT2D eigenvalue weighted by Crippen LogP contribution is -2.31. The lowest BCUT2D eigenvalue weighted by Gasteiger charge is -2.24. The highest BCUT2D eigenvalue weighted by Gasteiger charge is 2.28. The second-order valence-corrected chi connectivity index (χ2v) is 5.34. The van der Waals surface area contributed by atoms with Crippen LogP contribution < -0.4 is 0 Å². The van der Waals surface area contributed by atoms with E-state index < -0.39 is 15.7 Å². The third-order valence-corrected chi connectivity index (χ3v) is 2.11. The summed E-state index contributed by atoms with van der Waals surface area (Å²) in [6.07, 6.45) is 6.75. The fraction of sp³-hybridized carbons (Fsp3) is 0.778. The van der Waals surface area contributed by atoms with Crippen LogP contribution in [0.25, 0.3) is 0 Å². The van der Waals surface area contributed by atoms with Gasteiger partial charge in [0.25, 0.3) is 10.1 Å². The standard InChI is InChI=1S/C9H16O3S/c1-6-9(4,7-8(2)3)12-13(5,10)11/h1,8H,7H2,2-5H3. The Bertz CT molecular complexity index is 297. The molecule has 0 saturated heterocycles. The SMILES string of the molecule is C#CC(C)(CC(C)C)OS(C)(=O)=O. The first-order chi connectivity index (χ1) is 5.68. The molecule has 0 rings (SSSR count). The van der Waals surface area contributed by atoms with Crippen molar-refractivity contribution in [3.05, 3.63) is 0 Å². The van der Waals surface area contributed by atoms with E-state index in [9.17, 15) is 8.42 Å². The first kappa shape index (κ1) is 12.5. The van der Waals surface area contributed by atoms with Gasteiger partial charge in [-0.15, -0.1) is 6.42 Å². The van der Waals surface area contributed by atoms with E-state index in [0.717, 1.165) is 6.26 Å². The van der Waals surface area contributed by atoms with Crippen molar-refractivity contribution < 1.29 is 12.6 Å². The zero-order chi connectivity index (χ0) is 10.7. The predicted molar refractivity (Wildman–Crippen MR) is 52.6 cm³/mol. The fourth-order valence-electron chi connectivity index (χ4n) is 1.23. The maximum Gasteiger partial charge on any atom is 0.265 e. The third kappa shape index (κ3) is 5.67. The van der Waals surface area contributed by atoms with Crippen molar-refractivity contribution in [1.29, 1.82) is 0 Å². The van der Waals surface area contributed by atoms with Crippen molar-refractivity contribution in [2.45, 2.75) is 32.8 Å². The lowest BCUT2D eigenvalue weighted by atomic mass is 9.95. The van der Waals surface area contributed by atoms with Crippen LogP contribution in [-0.4, -0.2) is 20.3 Å². The minimum atomic E-state index is -3.48. The summed E-state index contributed by atoms with van der Waals surface area (Å²) >= 11 is 0. The molecule has 0 amide bonds. The van der Waals surface area contributed by atoms with E-state index in [1.807, 2.05) is 13.8 Å². The molecule has 13 heavy (non-hydrogen) atoms. The van der Waals surface area contributed by atoms with Crippen LogP contribution in [0.3, 0.4) is 0 Å². The van der Waals surface area contributed by atoms with Gasteiger partial charge in [-0.2, -0.15) is 8.42 Å². The van der Waals surface area contributed by atoms with Gasteiger partial charge in [0.1, 0.15) is 5.60 Å². The molecule has 4 heteroatoms. The van der Waals surface area contributed by atoms with E-state index in [2.05, 4.69) is 5.92 Å². The summed E-state index contributed by atoms with van der Waals surface area (Å²) in [6.45, 7) is 5.52. The number of hydrogen-bond donors (Lipinski definition) is 0. The summed E-state index contributed by atoms with van der Waals surface area (Å²) < 4.78 is 26.6. The minimum Gasteiger partial charge on any atom is -0.251 e. The topological polar surface area (TPSA) is 43.4 Å². The largest absolute Gasteiger partial charge is 0.265 e. The van der Waals surface area contributed by atoms with Gasteiger partial charge >= 0.3 is 0 Å². The van der Waals surface area contributed by atoms with E-state index in [1.165, 1.54) is 0 Å². The Morgan fingerprint density at radius 3 is 2.23 bits per heavy atom. The van der Waals surface area contributed by atoms with E-state index in [0.29, 0.717) is 12.3 Å². The van der Waals surface area contributed by atoms with E-state index in [4.69, 9.17) is 10.6 Å². The van der Waals surface area contributed by atoms with Crippen molar-refractivity contribution in [2.24, 2.45) is 5.92 Å². The van der Waals surface area contributed by atoms with Crippen LogP contribution in [0.5, 0.6) is 0 Å². The highest BCUT2D eigenvalue weighted by Crippen LogP contribution is 2.21. The molecule has 76 valence electrons. The van der Waals surface area contributed by atoms with Crippen molar-refractivity contribution in [1.82, 2.24) is 0 Å². The van der Waals surface area contributed by atoms with Crippen LogP contribution in [0, 0.1) is 18.3 Å². The Hall–Kier alpha value is -0.530. The van der Waals surface area contributed by atoms with Crippen LogP contribution in [0.15, 0.2) is 0 Å². The molecule has 0 aromatic heterocycles. The van der Waals surface area contributed by atoms with Crippen LogP contribution in [0.1, 0.15) is 27.2 Å². The molecule has 0 aliphatic heterocycles. The van der Waals surface area contributed by atoms with E-state index >= 15 is 0 Å². The van der Waals surface area contributed by atoms with Crippen molar-refractivity contribution in [3.8, 4) is 12.3 Å². The zero-order valence-corrected chi connectivity index (χ0v) is 9.31. The van der Waals surface area contributed by atoms with Crippen molar-refractivity contribution in [2.75, 3.05) is 6.26 Å². The molecule has 0 aromatic carbocycles. The van der Waals surface area contributed by atoms with E-state index in [-0.39, 0.29) is 0 Å². The van der Waals surface area contributed by atoms with Gasteiger partial charge in [0.2, 0.25) is 0 Å². The van der Waals surface area contributed by atoms with Crippen LogP contribution in [-0.2, 0) is 14.3 Å². The second-order valence-electron chi connectivity index (χ2n) is 3.76. The van der Waals surface area contributed by atoms with Crippen LogP contribution >= 0.6 is 0 Å². The van der Waals surface area contributed by atoms with Gasteiger partial charge in [-0.05, 0) is 19.3 Å². The van der Waals surface area contributed by atoms with Gasteiger partial charge in [-0.25, -0.2) is 0 Å². The molecule has 0 saturated carbocycles. The van der Waals surface area contributed by atoms with Gasteiger partial charge in [0, 0.05) is 0 Å². The van der Waals surface area contributed by atoms with Gasteiger partial charge in [-0.3, -0.25) is 4.18 Å². The molecule has 1 unspecified atom stereocenters. The maximum absolute atomic E-state index is 10.9. The highest BCUT2D eigenvalue weighted by atomic mass is 32.2. The fourth-order valence-corrected chi connectivity index (χ4v) is 2.01. The monoisotopic (exact) mass is 204 g/mol. The summed E-state index contributed by atoms with van der Waals surface area (Å²) in [5.41, 5.74) is -1.01. The van der Waals surface area contributed by atoms with Gasteiger partial charge in [0.15, 0.2) is 0 Å². The average molecular weight is 204 g/mol. The van der Waals surface area contributed by atoms with Gasteiger partial charge < -0.3 is 0 Å². The Morgan fingerprint density at radius 1 is 1.54 bits per heavy atom. The molecule has 0 aromatic rings. The molecule has 0 radical (unpaired) electrons. The zero-order valence-electron chi connectivity index (χ0n) is 8.49. The normalized spacial score (nSPS) is 16.6. The van der Waals surface area contributed by atoms with Crippen molar-refractivity contribution >= 4 is 10.1 Å². The molecule has 0 aliphatic rings. The average Bonchev–Trinajstić information content (AvgIpc) is 1.81. The minimum absolute atomic E-state index is 0.294. The molecule has 0 aliphatic carbocycles. The Kier molecular flexibility index (Phi) is 3.95. The molecule has 3 nitrogen and oxygen atoms in total. The number of rotatable bonds is 4. The molecular formula is C9H16O3S. The van der Waals surface area contributed by atoms with E-state index in [1.54, 1.807) is 6.92 Å². The summed E-state index contributed by atoms with van der Waals surface area (Å²) in [7, 11) is -3.48. The third-order valence-electron chi connectivity index (χ3n) is 1.44. The summed E-state index contributed by atoms with van der Waals surface area (Å²) in [4.78, 5) is 0.